The Kier molecular flexibility index (Phi) is 5.21. The van der Waals surface area contributed by atoms with Gasteiger partial charge in [0, 0.05) is 11.2 Å². The summed E-state index contributed by atoms with van der Waals surface area (Å²) in [4.78, 5) is 2.52. The second-order valence-electron chi connectivity index (χ2n) is 6.03. The van der Waals surface area contributed by atoms with E-state index in [1.165, 1.54) is 5.69 Å². The smallest absolute Gasteiger partial charge is 0.0852 e. The van der Waals surface area contributed by atoms with Crippen LogP contribution in [-0.4, -0.2) is 14.3 Å². The molecular weight excluding hydrogens is 234 g/mol. The maximum Gasteiger partial charge on any atom is 0.0852 e. The van der Waals surface area contributed by atoms with Crippen molar-refractivity contribution in [3.8, 4) is 0 Å². The summed E-state index contributed by atoms with van der Waals surface area (Å²) in [6.45, 7) is 13.9. The summed E-state index contributed by atoms with van der Waals surface area (Å²) >= 11 is 0. The molecule has 0 aliphatic heterocycles. The number of allylic oxidation sites excluding steroid dienone is 1. The Morgan fingerprint density at radius 2 is 1.72 bits per heavy atom. The first kappa shape index (κ1) is 15.0. The minimum absolute atomic E-state index is 0.125. The van der Waals surface area contributed by atoms with Crippen LogP contribution in [-0.2, 0) is 0 Å². The molecule has 1 rings (SSSR count). The zero-order valence-corrected chi connectivity index (χ0v) is 13.9. The second-order valence-corrected chi connectivity index (χ2v) is 8.93. The normalized spacial score (nSPS) is 12.9. The second kappa shape index (κ2) is 6.23. The summed E-state index contributed by atoms with van der Waals surface area (Å²) in [5.41, 5.74) is 1.44. The van der Waals surface area contributed by atoms with Crippen LogP contribution in [0.2, 0.25) is 13.1 Å². The lowest BCUT2D eigenvalue weighted by atomic mass is 10.1. The Morgan fingerprint density at radius 1 is 1.17 bits per heavy atom. The lowest BCUT2D eigenvalue weighted by Gasteiger charge is -2.41. The summed E-state index contributed by atoms with van der Waals surface area (Å²) in [7, 11) is -0.844. The summed E-state index contributed by atoms with van der Waals surface area (Å²) in [6, 6.07) is 10.8. The fourth-order valence-corrected chi connectivity index (χ4v) is 4.05. The number of rotatable bonds is 4. The number of hydrogen-bond donors (Lipinski definition) is 0. The van der Waals surface area contributed by atoms with Crippen molar-refractivity contribution >= 4 is 14.5 Å². The van der Waals surface area contributed by atoms with Crippen LogP contribution in [0.1, 0.15) is 34.1 Å². The molecule has 0 bridgehead atoms. The Morgan fingerprint density at radius 3 is 2.11 bits per heavy atom. The predicted molar refractivity (Wildman–Crippen MR) is 85.9 cm³/mol. The lowest BCUT2D eigenvalue weighted by Crippen LogP contribution is -2.44. The molecule has 100 valence electrons. The van der Waals surface area contributed by atoms with Crippen LogP contribution in [0.5, 0.6) is 0 Å². The number of benzene rings is 1. The third kappa shape index (κ3) is 3.74. The Hall–Kier alpha value is -1.02. The fourth-order valence-electron chi connectivity index (χ4n) is 2.30. The minimum Gasteiger partial charge on any atom is -0.344 e. The van der Waals surface area contributed by atoms with E-state index in [9.17, 15) is 0 Å². The molecule has 0 amide bonds. The van der Waals surface area contributed by atoms with Crippen molar-refractivity contribution in [2.75, 3.05) is 4.90 Å². The first-order valence-electron chi connectivity index (χ1n) is 6.93. The van der Waals surface area contributed by atoms with Crippen LogP contribution in [0.15, 0.2) is 41.7 Å². The molecule has 0 saturated heterocycles. The van der Waals surface area contributed by atoms with Crippen LogP contribution in [0.4, 0.5) is 5.69 Å². The van der Waals surface area contributed by atoms with Gasteiger partial charge < -0.3 is 4.90 Å². The van der Waals surface area contributed by atoms with Crippen molar-refractivity contribution < 1.29 is 0 Å². The summed E-state index contributed by atoms with van der Waals surface area (Å²) in [5.74, 6) is 0. The molecule has 0 atom stereocenters. The van der Waals surface area contributed by atoms with Gasteiger partial charge in [-0.05, 0) is 44.6 Å². The van der Waals surface area contributed by atoms with Gasteiger partial charge in [-0.1, -0.05) is 44.3 Å². The lowest BCUT2D eigenvalue weighted by molar-refractivity contribution is 0.549. The first-order chi connectivity index (χ1) is 8.38. The Bertz CT molecular complexity index is 387. The molecule has 1 aromatic rings. The maximum absolute atomic E-state index is 2.52. The van der Waals surface area contributed by atoms with Gasteiger partial charge in [-0.15, -0.1) is 0 Å². The van der Waals surface area contributed by atoms with Crippen LogP contribution in [0, 0.1) is 0 Å². The average molecular weight is 261 g/mol. The van der Waals surface area contributed by atoms with Crippen LogP contribution >= 0.6 is 0 Å². The SMILES string of the molecule is CC/C=C(/N(c1ccccc1)C(C)(C)C)[SiH](C)C. The van der Waals surface area contributed by atoms with Crippen molar-refractivity contribution in [3.05, 3.63) is 41.7 Å². The maximum atomic E-state index is 2.52. The van der Waals surface area contributed by atoms with E-state index in [2.05, 4.69) is 82.1 Å². The van der Waals surface area contributed by atoms with Crippen LogP contribution in [0.3, 0.4) is 0 Å². The number of hydrogen-bond acceptors (Lipinski definition) is 1. The first-order valence-corrected chi connectivity index (χ1v) is 9.82. The summed E-state index contributed by atoms with van der Waals surface area (Å²) in [5, 5.41) is 1.55. The highest BCUT2D eigenvalue weighted by molar-refractivity contribution is 6.64. The molecule has 0 saturated carbocycles. The summed E-state index contributed by atoms with van der Waals surface area (Å²) < 4.78 is 0. The number of para-hydroxylation sites is 1. The highest BCUT2D eigenvalue weighted by Gasteiger charge is 2.26. The topological polar surface area (TPSA) is 3.24 Å². The molecule has 1 aromatic carbocycles. The molecule has 0 aromatic heterocycles. The van der Waals surface area contributed by atoms with Crippen molar-refractivity contribution in [1.82, 2.24) is 0 Å². The molecule has 0 fully saturated rings. The van der Waals surface area contributed by atoms with E-state index in [4.69, 9.17) is 0 Å². The van der Waals surface area contributed by atoms with Gasteiger partial charge in [-0.3, -0.25) is 0 Å². The van der Waals surface area contributed by atoms with Gasteiger partial charge in [0.1, 0.15) is 0 Å². The number of nitrogens with zero attached hydrogens (tertiary/aromatic N) is 1. The fraction of sp³-hybridized carbons (Fsp3) is 0.500. The molecule has 1 nitrogen and oxygen atoms in total. The van der Waals surface area contributed by atoms with E-state index in [1.54, 1.807) is 5.32 Å². The highest BCUT2D eigenvalue weighted by atomic mass is 28.3. The molecule has 0 unspecified atom stereocenters. The number of anilines is 1. The van der Waals surface area contributed by atoms with E-state index in [0.29, 0.717) is 0 Å². The van der Waals surface area contributed by atoms with Gasteiger partial charge in [0.05, 0.1) is 8.80 Å². The van der Waals surface area contributed by atoms with E-state index >= 15 is 0 Å². The standard InChI is InChI=1S/C16H27NSi/c1-7-11-15(18(5)6)17(16(2,3)4)14-12-9-8-10-13-14/h8-13,18H,7H2,1-6H3/b15-11-. The predicted octanol–water partition coefficient (Wildman–Crippen LogP) is 4.61. The molecule has 0 heterocycles. The largest absolute Gasteiger partial charge is 0.344 e. The highest BCUT2D eigenvalue weighted by Crippen LogP contribution is 2.29. The van der Waals surface area contributed by atoms with Crippen LogP contribution < -0.4 is 4.90 Å². The van der Waals surface area contributed by atoms with Crippen molar-refractivity contribution in [2.24, 2.45) is 0 Å². The van der Waals surface area contributed by atoms with Crippen molar-refractivity contribution in [3.63, 3.8) is 0 Å². The van der Waals surface area contributed by atoms with E-state index in [0.717, 1.165) is 6.42 Å². The zero-order chi connectivity index (χ0) is 13.8. The van der Waals surface area contributed by atoms with Crippen molar-refractivity contribution in [1.29, 1.82) is 0 Å². The third-order valence-corrected chi connectivity index (χ3v) is 4.63. The van der Waals surface area contributed by atoms with E-state index in [-0.39, 0.29) is 5.54 Å². The quantitative estimate of drug-likeness (QED) is 0.715. The van der Waals surface area contributed by atoms with E-state index < -0.39 is 8.80 Å². The third-order valence-electron chi connectivity index (χ3n) is 2.95. The van der Waals surface area contributed by atoms with Gasteiger partial charge in [0.25, 0.3) is 0 Å². The molecule has 2 heteroatoms. The monoisotopic (exact) mass is 261 g/mol. The summed E-state index contributed by atoms with van der Waals surface area (Å²) in [6.07, 6.45) is 3.52. The van der Waals surface area contributed by atoms with Gasteiger partial charge in [-0.2, -0.15) is 0 Å². The van der Waals surface area contributed by atoms with Gasteiger partial charge >= 0.3 is 0 Å². The molecule has 0 radical (unpaired) electrons. The van der Waals surface area contributed by atoms with E-state index in [1.807, 2.05) is 0 Å². The minimum atomic E-state index is -0.844. The zero-order valence-electron chi connectivity index (χ0n) is 12.7. The van der Waals surface area contributed by atoms with Gasteiger partial charge in [0.2, 0.25) is 0 Å². The Balaban J connectivity index is 3.26. The molecule has 0 aliphatic rings. The van der Waals surface area contributed by atoms with Gasteiger partial charge in [0.15, 0.2) is 0 Å². The van der Waals surface area contributed by atoms with Gasteiger partial charge in [-0.25, -0.2) is 0 Å². The Labute approximate surface area is 114 Å². The molecule has 18 heavy (non-hydrogen) atoms. The molecular formula is C16H27NSi. The van der Waals surface area contributed by atoms with Crippen LogP contribution in [0.25, 0.3) is 0 Å². The molecule has 0 aliphatic carbocycles. The molecule has 0 spiro atoms. The van der Waals surface area contributed by atoms with Crippen molar-refractivity contribution in [2.45, 2.75) is 52.7 Å². The molecule has 0 N–H and O–H groups in total. The average Bonchev–Trinajstić information content (AvgIpc) is 2.28.